The van der Waals surface area contributed by atoms with Crippen LogP contribution in [0.4, 0.5) is 0 Å². The Kier molecular flexibility index (Phi) is 4.43. The number of likely N-dealkylation sites (N-methyl/N-ethyl adjacent to an activating group) is 1. The standard InChI is InChI=1S/C10H13ClN2O/c1-12-7-10(14)13-6-8-2-4-9(11)5-3-8/h2-5,12H,6-7H2,1H3,(H,13,14). The predicted octanol–water partition coefficient (Wildman–Crippen LogP) is 1.18. The van der Waals surface area contributed by atoms with Gasteiger partial charge >= 0.3 is 0 Å². The third-order valence-electron chi connectivity index (χ3n) is 1.74. The third kappa shape index (κ3) is 3.77. The van der Waals surface area contributed by atoms with Crippen LogP contribution in [0.25, 0.3) is 0 Å². The number of nitrogens with one attached hydrogen (secondary N) is 2. The zero-order valence-corrected chi connectivity index (χ0v) is 8.77. The summed E-state index contributed by atoms with van der Waals surface area (Å²) in [5, 5.41) is 6.26. The summed E-state index contributed by atoms with van der Waals surface area (Å²) >= 11 is 5.73. The lowest BCUT2D eigenvalue weighted by molar-refractivity contribution is -0.120. The first kappa shape index (κ1) is 11.0. The minimum atomic E-state index is -0.0116. The van der Waals surface area contributed by atoms with Crippen molar-refractivity contribution in [2.45, 2.75) is 6.54 Å². The lowest BCUT2D eigenvalue weighted by Crippen LogP contribution is -2.31. The first-order valence-electron chi connectivity index (χ1n) is 4.38. The van der Waals surface area contributed by atoms with Gasteiger partial charge in [-0.1, -0.05) is 23.7 Å². The number of carbonyl (C=O) groups excluding carboxylic acids is 1. The van der Waals surface area contributed by atoms with Gasteiger partial charge in [0.25, 0.3) is 0 Å². The quantitative estimate of drug-likeness (QED) is 0.787. The zero-order valence-electron chi connectivity index (χ0n) is 8.01. The summed E-state index contributed by atoms with van der Waals surface area (Å²) in [7, 11) is 1.74. The normalized spacial score (nSPS) is 9.86. The Morgan fingerprint density at radius 3 is 2.57 bits per heavy atom. The second-order valence-corrected chi connectivity index (χ2v) is 3.37. The highest BCUT2D eigenvalue weighted by Gasteiger charge is 1.98. The molecular weight excluding hydrogens is 200 g/mol. The van der Waals surface area contributed by atoms with Gasteiger partial charge in [-0.15, -0.1) is 0 Å². The molecule has 14 heavy (non-hydrogen) atoms. The molecule has 4 heteroatoms. The van der Waals surface area contributed by atoms with E-state index in [-0.39, 0.29) is 5.91 Å². The van der Waals surface area contributed by atoms with Crippen molar-refractivity contribution < 1.29 is 4.79 Å². The fourth-order valence-electron chi connectivity index (χ4n) is 1.03. The van der Waals surface area contributed by atoms with E-state index in [9.17, 15) is 4.79 Å². The van der Waals surface area contributed by atoms with E-state index in [4.69, 9.17) is 11.6 Å². The highest BCUT2D eigenvalue weighted by molar-refractivity contribution is 6.30. The molecule has 0 saturated heterocycles. The molecule has 1 rings (SSSR count). The lowest BCUT2D eigenvalue weighted by atomic mass is 10.2. The van der Waals surface area contributed by atoms with Crippen LogP contribution < -0.4 is 10.6 Å². The average Bonchev–Trinajstić information content (AvgIpc) is 2.17. The molecule has 1 aromatic carbocycles. The minimum absolute atomic E-state index is 0.0116. The van der Waals surface area contributed by atoms with Gasteiger partial charge < -0.3 is 10.6 Å². The van der Waals surface area contributed by atoms with Gasteiger partial charge in [0.15, 0.2) is 0 Å². The van der Waals surface area contributed by atoms with E-state index in [1.54, 1.807) is 19.2 Å². The molecule has 0 spiro atoms. The molecule has 3 nitrogen and oxygen atoms in total. The van der Waals surface area contributed by atoms with Crippen LogP contribution in [0.1, 0.15) is 5.56 Å². The average molecular weight is 213 g/mol. The molecule has 0 aliphatic carbocycles. The van der Waals surface area contributed by atoms with Gasteiger partial charge in [0.2, 0.25) is 5.91 Å². The lowest BCUT2D eigenvalue weighted by Gasteiger charge is -2.04. The van der Waals surface area contributed by atoms with E-state index < -0.39 is 0 Å². The van der Waals surface area contributed by atoms with Gasteiger partial charge in [-0.05, 0) is 24.7 Å². The Bertz CT molecular complexity index is 297. The van der Waals surface area contributed by atoms with Gasteiger partial charge in [0, 0.05) is 11.6 Å². The van der Waals surface area contributed by atoms with E-state index in [1.807, 2.05) is 12.1 Å². The number of hydrogen-bond donors (Lipinski definition) is 2. The molecule has 0 saturated carbocycles. The van der Waals surface area contributed by atoms with Crippen LogP contribution >= 0.6 is 11.6 Å². The first-order valence-corrected chi connectivity index (χ1v) is 4.76. The molecule has 1 amide bonds. The Balaban J connectivity index is 2.38. The van der Waals surface area contributed by atoms with Crippen molar-refractivity contribution in [3.05, 3.63) is 34.9 Å². The molecule has 0 atom stereocenters. The fourth-order valence-corrected chi connectivity index (χ4v) is 1.15. The van der Waals surface area contributed by atoms with Gasteiger partial charge in [-0.2, -0.15) is 0 Å². The molecule has 0 aliphatic heterocycles. The minimum Gasteiger partial charge on any atom is -0.351 e. The number of carbonyl (C=O) groups is 1. The molecule has 0 heterocycles. The molecule has 2 N–H and O–H groups in total. The van der Waals surface area contributed by atoms with E-state index >= 15 is 0 Å². The van der Waals surface area contributed by atoms with Gasteiger partial charge in [0.1, 0.15) is 0 Å². The number of benzene rings is 1. The van der Waals surface area contributed by atoms with Crippen LogP contribution in [0.3, 0.4) is 0 Å². The van der Waals surface area contributed by atoms with Gasteiger partial charge in [0.05, 0.1) is 6.54 Å². The summed E-state index contributed by atoms with van der Waals surface area (Å²) in [5.41, 5.74) is 1.04. The maximum atomic E-state index is 11.1. The van der Waals surface area contributed by atoms with Crippen LogP contribution in [0.15, 0.2) is 24.3 Å². The summed E-state index contributed by atoms with van der Waals surface area (Å²) < 4.78 is 0. The third-order valence-corrected chi connectivity index (χ3v) is 1.99. The van der Waals surface area contributed by atoms with E-state index in [0.29, 0.717) is 18.1 Å². The highest BCUT2D eigenvalue weighted by atomic mass is 35.5. The van der Waals surface area contributed by atoms with Crippen LogP contribution in [0.5, 0.6) is 0 Å². The number of halogens is 1. The van der Waals surface area contributed by atoms with Crippen molar-refractivity contribution in [3.63, 3.8) is 0 Å². The van der Waals surface area contributed by atoms with Crippen LogP contribution in [0, 0.1) is 0 Å². The summed E-state index contributed by atoms with van der Waals surface area (Å²) in [6.45, 7) is 0.880. The number of hydrogen-bond acceptors (Lipinski definition) is 2. The zero-order chi connectivity index (χ0) is 10.4. The molecule has 76 valence electrons. The van der Waals surface area contributed by atoms with Crippen molar-refractivity contribution in [2.24, 2.45) is 0 Å². The summed E-state index contributed by atoms with van der Waals surface area (Å²) in [4.78, 5) is 11.1. The van der Waals surface area contributed by atoms with Crippen molar-refractivity contribution in [3.8, 4) is 0 Å². The smallest absolute Gasteiger partial charge is 0.234 e. The monoisotopic (exact) mass is 212 g/mol. The Morgan fingerprint density at radius 1 is 1.36 bits per heavy atom. The second kappa shape index (κ2) is 5.62. The maximum Gasteiger partial charge on any atom is 0.234 e. The molecule has 0 radical (unpaired) electrons. The molecule has 0 bridgehead atoms. The van der Waals surface area contributed by atoms with Gasteiger partial charge in [-0.3, -0.25) is 4.79 Å². The topological polar surface area (TPSA) is 41.1 Å². The SMILES string of the molecule is CNCC(=O)NCc1ccc(Cl)cc1. The molecule has 0 aliphatic rings. The van der Waals surface area contributed by atoms with E-state index in [1.165, 1.54) is 0 Å². The molecular formula is C10H13ClN2O. The van der Waals surface area contributed by atoms with Crippen LogP contribution in [0.2, 0.25) is 5.02 Å². The Morgan fingerprint density at radius 2 is 2.00 bits per heavy atom. The number of rotatable bonds is 4. The van der Waals surface area contributed by atoms with Crippen molar-refractivity contribution in [1.29, 1.82) is 0 Å². The van der Waals surface area contributed by atoms with Crippen LogP contribution in [-0.2, 0) is 11.3 Å². The molecule has 0 fully saturated rings. The molecule has 1 aromatic rings. The number of amides is 1. The Hall–Kier alpha value is -1.06. The summed E-state index contributed by atoms with van der Waals surface area (Å²) in [5.74, 6) is -0.0116. The fraction of sp³-hybridized carbons (Fsp3) is 0.300. The summed E-state index contributed by atoms with van der Waals surface area (Å²) in [6, 6.07) is 7.40. The van der Waals surface area contributed by atoms with E-state index in [2.05, 4.69) is 10.6 Å². The highest BCUT2D eigenvalue weighted by Crippen LogP contribution is 2.08. The second-order valence-electron chi connectivity index (χ2n) is 2.93. The van der Waals surface area contributed by atoms with E-state index in [0.717, 1.165) is 5.56 Å². The van der Waals surface area contributed by atoms with Crippen molar-refractivity contribution in [2.75, 3.05) is 13.6 Å². The van der Waals surface area contributed by atoms with Crippen molar-refractivity contribution in [1.82, 2.24) is 10.6 Å². The predicted molar refractivity (Wildman–Crippen MR) is 57.2 cm³/mol. The van der Waals surface area contributed by atoms with Crippen molar-refractivity contribution >= 4 is 17.5 Å². The molecule has 0 aromatic heterocycles. The maximum absolute atomic E-state index is 11.1. The van der Waals surface area contributed by atoms with Gasteiger partial charge in [-0.25, -0.2) is 0 Å². The first-order chi connectivity index (χ1) is 6.72. The largest absolute Gasteiger partial charge is 0.351 e. The summed E-state index contributed by atoms with van der Waals surface area (Å²) in [6.07, 6.45) is 0. The molecule has 0 unspecified atom stereocenters. The Labute approximate surface area is 88.5 Å². The van der Waals surface area contributed by atoms with Crippen LogP contribution in [-0.4, -0.2) is 19.5 Å².